The van der Waals surface area contributed by atoms with E-state index in [0.29, 0.717) is 18.9 Å². The number of ether oxygens (including phenoxy) is 2. The monoisotopic (exact) mass is 608 g/mol. The molecule has 0 spiro atoms. The van der Waals surface area contributed by atoms with E-state index in [1.807, 2.05) is 68.2 Å². The highest BCUT2D eigenvalue weighted by Gasteiger charge is 2.39. The number of hydrogen-bond donors (Lipinski definition) is 1. The maximum absolute atomic E-state index is 12.4. The van der Waals surface area contributed by atoms with Crippen molar-refractivity contribution in [3.8, 4) is 22.8 Å². The highest BCUT2D eigenvalue weighted by atomic mass is 32.2. The molecule has 0 saturated carbocycles. The lowest BCUT2D eigenvalue weighted by Gasteiger charge is -2.26. The van der Waals surface area contributed by atoms with Gasteiger partial charge in [0.2, 0.25) is 5.88 Å². The Bertz CT molecular complexity index is 1640. The largest absolute Gasteiger partial charge is 0.487 e. The average molecular weight is 609 g/mol. The second-order valence-corrected chi connectivity index (χ2v) is 14.7. The molecule has 44 heavy (non-hydrogen) atoms. The predicted molar refractivity (Wildman–Crippen MR) is 178 cm³/mol. The molecular weight excluding hydrogens is 568 g/mol. The molecule has 0 aliphatic heterocycles. The molecule has 1 unspecified atom stereocenters. The molecule has 2 aromatic carbocycles. The Hall–Kier alpha value is -4.10. The number of thioether (sulfide) groups is 1. The molecule has 6 nitrogen and oxygen atoms in total. The Morgan fingerprint density at radius 2 is 1.68 bits per heavy atom. The second kappa shape index (κ2) is 12.9. The van der Waals surface area contributed by atoms with Crippen LogP contribution in [0.5, 0.6) is 11.6 Å². The fraction of sp³-hybridized carbons (Fsp3) is 0.324. The standard InChI is InChI=1S/C37H40N2O4S/c1-36(2,3)44-34-31-20-28(43-23-27-9-7-8-18-38-27)15-16-29(31)30(32(34)21-37(4,5)35(40)41)19-24-10-12-25(13-11-24)26-14-17-33(42-6)39-22-26/h7-18,20,22,30H,19,21,23H2,1-6H3,(H,40,41). The number of rotatable bonds is 11. The first-order chi connectivity index (χ1) is 20.9. The number of benzene rings is 2. The van der Waals surface area contributed by atoms with Gasteiger partial charge in [-0.25, -0.2) is 4.98 Å². The molecule has 228 valence electrons. The zero-order valence-electron chi connectivity index (χ0n) is 26.3. The smallest absolute Gasteiger partial charge is 0.309 e. The molecule has 0 amide bonds. The molecule has 1 N–H and O–H groups in total. The highest BCUT2D eigenvalue weighted by molar-refractivity contribution is 8.09. The van der Waals surface area contributed by atoms with E-state index in [-0.39, 0.29) is 10.7 Å². The minimum absolute atomic E-state index is 0.0480. The molecule has 0 radical (unpaired) electrons. The number of aromatic nitrogens is 2. The van der Waals surface area contributed by atoms with Crippen molar-refractivity contribution >= 4 is 22.6 Å². The number of hydrogen-bond acceptors (Lipinski definition) is 6. The van der Waals surface area contributed by atoms with Crippen LogP contribution in [0.3, 0.4) is 0 Å². The Morgan fingerprint density at radius 3 is 2.30 bits per heavy atom. The Balaban J connectivity index is 1.51. The molecule has 2 heterocycles. The summed E-state index contributed by atoms with van der Waals surface area (Å²) in [6, 6.07) is 24.6. The zero-order valence-corrected chi connectivity index (χ0v) is 27.1. The molecule has 1 atom stereocenters. The first-order valence-corrected chi connectivity index (χ1v) is 15.7. The van der Waals surface area contributed by atoms with Crippen LogP contribution in [0.1, 0.15) is 69.3 Å². The molecule has 5 rings (SSSR count). The summed E-state index contributed by atoms with van der Waals surface area (Å²) >= 11 is 1.81. The average Bonchev–Trinajstić information content (AvgIpc) is 3.26. The van der Waals surface area contributed by atoms with Gasteiger partial charge in [-0.3, -0.25) is 9.78 Å². The van der Waals surface area contributed by atoms with Gasteiger partial charge >= 0.3 is 5.97 Å². The number of carboxylic acids is 1. The van der Waals surface area contributed by atoms with E-state index in [1.165, 1.54) is 16.7 Å². The minimum atomic E-state index is -0.914. The summed E-state index contributed by atoms with van der Waals surface area (Å²) in [6.07, 6.45) is 4.81. The summed E-state index contributed by atoms with van der Waals surface area (Å²) in [5.41, 5.74) is 6.76. The van der Waals surface area contributed by atoms with Gasteiger partial charge in [0.05, 0.1) is 18.2 Å². The van der Waals surface area contributed by atoms with E-state index in [2.05, 4.69) is 67.1 Å². The second-order valence-electron chi connectivity index (χ2n) is 12.8. The zero-order chi connectivity index (χ0) is 31.5. The molecular formula is C37H40N2O4S. The van der Waals surface area contributed by atoms with Gasteiger partial charge in [0, 0.05) is 39.6 Å². The van der Waals surface area contributed by atoms with Gasteiger partial charge in [-0.1, -0.05) is 57.2 Å². The summed E-state index contributed by atoms with van der Waals surface area (Å²) < 4.78 is 11.3. The third-order valence-electron chi connectivity index (χ3n) is 7.76. The third-order valence-corrected chi connectivity index (χ3v) is 9.06. The summed E-state index contributed by atoms with van der Waals surface area (Å²) in [5.74, 6) is 0.614. The fourth-order valence-electron chi connectivity index (χ4n) is 5.44. The first kappa shape index (κ1) is 31.3. The normalized spacial score (nSPS) is 14.8. The van der Waals surface area contributed by atoms with E-state index in [1.54, 1.807) is 13.3 Å². The molecule has 2 aromatic heterocycles. The van der Waals surface area contributed by atoms with E-state index in [9.17, 15) is 9.90 Å². The molecule has 1 aliphatic carbocycles. The number of nitrogens with zero attached hydrogens (tertiary/aromatic N) is 2. The molecule has 1 aliphatic rings. The predicted octanol–water partition coefficient (Wildman–Crippen LogP) is 8.81. The van der Waals surface area contributed by atoms with E-state index in [4.69, 9.17) is 9.47 Å². The lowest BCUT2D eigenvalue weighted by atomic mass is 9.79. The lowest BCUT2D eigenvalue weighted by Crippen LogP contribution is -2.25. The van der Waals surface area contributed by atoms with Crippen LogP contribution in [0.4, 0.5) is 0 Å². The van der Waals surface area contributed by atoms with Crippen molar-refractivity contribution in [1.29, 1.82) is 0 Å². The molecule has 0 fully saturated rings. The number of carboxylic acid groups (broad SMARTS) is 1. The maximum Gasteiger partial charge on any atom is 0.309 e. The van der Waals surface area contributed by atoms with Gasteiger partial charge in [-0.05, 0) is 84.8 Å². The Labute approximate surface area is 264 Å². The summed E-state index contributed by atoms with van der Waals surface area (Å²) in [4.78, 5) is 22.3. The van der Waals surface area contributed by atoms with Gasteiger partial charge in [0.15, 0.2) is 0 Å². The van der Waals surface area contributed by atoms with E-state index < -0.39 is 11.4 Å². The first-order valence-electron chi connectivity index (χ1n) is 14.9. The quantitative estimate of drug-likeness (QED) is 0.182. The van der Waals surface area contributed by atoms with Crippen LogP contribution in [0, 0.1) is 5.41 Å². The van der Waals surface area contributed by atoms with Crippen molar-refractivity contribution in [2.75, 3.05) is 7.11 Å². The number of aliphatic carboxylic acids is 1. The van der Waals surface area contributed by atoms with Crippen LogP contribution < -0.4 is 9.47 Å². The molecule has 4 aromatic rings. The number of carbonyl (C=O) groups is 1. The van der Waals surface area contributed by atoms with Crippen molar-refractivity contribution < 1.29 is 19.4 Å². The Morgan fingerprint density at radius 1 is 0.932 bits per heavy atom. The minimum Gasteiger partial charge on any atom is -0.487 e. The van der Waals surface area contributed by atoms with Gasteiger partial charge < -0.3 is 14.6 Å². The fourth-order valence-corrected chi connectivity index (χ4v) is 6.69. The van der Waals surface area contributed by atoms with Crippen molar-refractivity contribution in [3.63, 3.8) is 0 Å². The number of fused-ring (bicyclic) bond motifs is 1. The van der Waals surface area contributed by atoms with E-state index in [0.717, 1.165) is 39.5 Å². The number of methoxy groups -OCH3 is 1. The van der Waals surface area contributed by atoms with Crippen LogP contribution in [-0.4, -0.2) is 32.9 Å². The van der Waals surface area contributed by atoms with Crippen molar-refractivity contribution in [3.05, 3.63) is 113 Å². The highest BCUT2D eigenvalue weighted by Crippen LogP contribution is 2.55. The van der Waals surface area contributed by atoms with Gasteiger partial charge in [-0.2, -0.15) is 0 Å². The van der Waals surface area contributed by atoms with Crippen LogP contribution in [0.2, 0.25) is 0 Å². The summed E-state index contributed by atoms with van der Waals surface area (Å²) in [5, 5.41) is 10.1. The van der Waals surface area contributed by atoms with Crippen molar-refractivity contribution in [1.82, 2.24) is 9.97 Å². The Kier molecular flexibility index (Phi) is 9.16. The summed E-state index contributed by atoms with van der Waals surface area (Å²) in [7, 11) is 1.61. The van der Waals surface area contributed by atoms with Crippen LogP contribution >= 0.6 is 11.8 Å². The van der Waals surface area contributed by atoms with Crippen molar-refractivity contribution in [2.24, 2.45) is 5.41 Å². The van der Waals surface area contributed by atoms with Crippen molar-refractivity contribution in [2.45, 2.75) is 64.7 Å². The van der Waals surface area contributed by atoms with Crippen LogP contribution in [-0.2, 0) is 17.8 Å². The van der Waals surface area contributed by atoms with Crippen LogP contribution in [0.25, 0.3) is 16.0 Å². The maximum atomic E-state index is 12.4. The van der Waals surface area contributed by atoms with E-state index >= 15 is 0 Å². The molecule has 0 bridgehead atoms. The topological polar surface area (TPSA) is 81.5 Å². The summed E-state index contributed by atoms with van der Waals surface area (Å²) in [6.45, 7) is 10.6. The van der Waals surface area contributed by atoms with Gasteiger partial charge in [0.25, 0.3) is 0 Å². The number of allylic oxidation sites excluding steroid dienone is 1. The van der Waals surface area contributed by atoms with Gasteiger partial charge in [0.1, 0.15) is 12.4 Å². The molecule has 0 saturated heterocycles. The lowest BCUT2D eigenvalue weighted by molar-refractivity contribution is -0.146. The van der Waals surface area contributed by atoms with Crippen LogP contribution in [0.15, 0.2) is 90.8 Å². The number of pyridine rings is 2. The molecule has 7 heteroatoms. The van der Waals surface area contributed by atoms with Gasteiger partial charge in [-0.15, -0.1) is 11.8 Å². The SMILES string of the molecule is COc1ccc(-c2ccc(CC3C(CC(C)(C)C(=O)O)=C(SC(C)(C)C)c4cc(OCc5ccccn5)ccc43)cc2)cn1. The third kappa shape index (κ3) is 7.33.